The minimum Gasteiger partial charge on any atom is -0.512 e. The van der Waals surface area contributed by atoms with E-state index in [1.165, 1.54) is 13.8 Å². The minimum atomic E-state index is -1.38. The smallest absolute Gasteiger partial charge is 0.370 e. The number of rotatable bonds is 2. The first-order valence-electron chi connectivity index (χ1n) is 3.41. The molecular formula is C8H12O6. The van der Waals surface area contributed by atoms with Crippen LogP contribution in [-0.4, -0.2) is 32.4 Å². The van der Waals surface area contributed by atoms with Gasteiger partial charge in [-0.15, -0.1) is 0 Å². The maximum absolute atomic E-state index is 9.92. The number of carboxylic acid groups (broad SMARTS) is 2. The molecule has 0 amide bonds. The van der Waals surface area contributed by atoms with E-state index in [2.05, 4.69) is 6.58 Å². The highest BCUT2D eigenvalue weighted by Gasteiger charge is 2.01. The molecule has 0 saturated carbocycles. The molecule has 0 unspecified atom stereocenters. The van der Waals surface area contributed by atoms with Crippen LogP contribution >= 0.6 is 0 Å². The molecule has 4 N–H and O–H groups in total. The molecule has 0 saturated heterocycles. The first-order valence-corrected chi connectivity index (χ1v) is 3.41. The van der Waals surface area contributed by atoms with Crippen LogP contribution in [0.3, 0.4) is 0 Å². The van der Waals surface area contributed by atoms with Crippen molar-refractivity contribution in [3.8, 4) is 0 Å². The summed E-state index contributed by atoms with van der Waals surface area (Å²) < 4.78 is 0. The Kier molecular flexibility index (Phi) is 6.78. The van der Waals surface area contributed by atoms with Crippen molar-refractivity contribution in [2.24, 2.45) is 0 Å². The Morgan fingerprint density at radius 1 is 0.929 bits per heavy atom. The van der Waals surface area contributed by atoms with E-state index in [0.717, 1.165) is 0 Å². The molecule has 0 aliphatic rings. The van der Waals surface area contributed by atoms with Gasteiger partial charge in [0.15, 0.2) is 5.76 Å². The minimum absolute atomic E-state index is 0.00926. The fraction of sp³-hybridized carbons (Fsp3) is 0.250. The van der Waals surface area contributed by atoms with Crippen molar-refractivity contribution >= 4 is 11.9 Å². The van der Waals surface area contributed by atoms with Crippen molar-refractivity contribution in [2.45, 2.75) is 13.8 Å². The van der Waals surface area contributed by atoms with Crippen LogP contribution in [-0.2, 0) is 9.59 Å². The van der Waals surface area contributed by atoms with Crippen molar-refractivity contribution in [3.05, 3.63) is 23.7 Å². The zero-order valence-corrected chi connectivity index (χ0v) is 7.81. The van der Waals surface area contributed by atoms with Crippen LogP contribution in [0.5, 0.6) is 0 Å². The fourth-order valence-electron chi connectivity index (χ4n) is 0.155. The molecule has 6 heteroatoms. The maximum atomic E-state index is 9.92. The van der Waals surface area contributed by atoms with Gasteiger partial charge in [-0.2, -0.15) is 0 Å². The van der Waals surface area contributed by atoms with Gasteiger partial charge in [-0.3, -0.25) is 0 Å². The van der Waals surface area contributed by atoms with Gasteiger partial charge in [-0.05, 0) is 20.4 Å². The Morgan fingerprint density at radius 2 is 1.21 bits per heavy atom. The highest BCUT2D eigenvalue weighted by atomic mass is 16.4. The molecule has 0 aromatic carbocycles. The van der Waals surface area contributed by atoms with Crippen LogP contribution < -0.4 is 0 Å². The van der Waals surface area contributed by atoms with E-state index in [9.17, 15) is 9.59 Å². The molecule has 14 heavy (non-hydrogen) atoms. The van der Waals surface area contributed by atoms with Gasteiger partial charge >= 0.3 is 11.9 Å². The second-order valence-electron chi connectivity index (χ2n) is 2.27. The molecule has 80 valence electrons. The number of hydrogen-bond donors (Lipinski definition) is 4. The monoisotopic (exact) mass is 204 g/mol. The predicted molar refractivity (Wildman–Crippen MR) is 48.0 cm³/mol. The molecule has 6 nitrogen and oxygen atoms in total. The van der Waals surface area contributed by atoms with Crippen molar-refractivity contribution in [2.75, 3.05) is 0 Å². The predicted octanol–water partition coefficient (Wildman–Crippen LogP) is 1.07. The highest BCUT2D eigenvalue weighted by molar-refractivity contribution is 5.86. The lowest BCUT2D eigenvalue weighted by molar-refractivity contribution is -0.135. The Labute approximate surface area is 80.4 Å². The van der Waals surface area contributed by atoms with Gasteiger partial charge in [0.2, 0.25) is 0 Å². The lowest BCUT2D eigenvalue weighted by Gasteiger charge is -1.91. The van der Waals surface area contributed by atoms with Crippen molar-refractivity contribution in [1.82, 2.24) is 0 Å². The van der Waals surface area contributed by atoms with E-state index in [4.69, 9.17) is 20.4 Å². The third-order valence-electron chi connectivity index (χ3n) is 1.11. The maximum Gasteiger partial charge on any atom is 0.370 e. The number of hydrogen-bond acceptors (Lipinski definition) is 4. The van der Waals surface area contributed by atoms with Crippen LogP contribution in [0.2, 0.25) is 0 Å². The zero-order chi connectivity index (χ0) is 11.9. The third-order valence-corrected chi connectivity index (χ3v) is 1.11. The summed E-state index contributed by atoms with van der Waals surface area (Å²) in [6, 6.07) is 0. The van der Waals surface area contributed by atoms with Gasteiger partial charge in [0, 0.05) is 0 Å². The first-order chi connectivity index (χ1) is 6.20. The summed E-state index contributed by atoms with van der Waals surface area (Å²) >= 11 is 0. The van der Waals surface area contributed by atoms with E-state index in [1.807, 2.05) is 0 Å². The summed E-state index contributed by atoms with van der Waals surface area (Å²) in [6.07, 6.45) is 0. The summed E-state index contributed by atoms with van der Waals surface area (Å²) in [5.41, 5.74) is -0.00926. The van der Waals surface area contributed by atoms with Crippen LogP contribution in [0.15, 0.2) is 23.7 Å². The standard InChI is InChI=1S/C5H8O3.C3H4O3/c1-3(4(2)6)5(7)8;1-2(4)3(5)6/h6H,1-2H3,(H,7,8);4H,1H2,(H,5,6)/b4-3+;. The number of allylic oxidation sites excluding steroid dienone is 1. The van der Waals surface area contributed by atoms with Crippen molar-refractivity contribution in [3.63, 3.8) is 0 Å². The number of aliphatic carboxylic acids is 2. The lowest BCUT2D eigenvalue weighted by Crippen LogP contribution is -1.98. The van der Waals surface area contributed by atoms with Gasteiger partial charge in [0.05, 0.1) is 11.3 Å². The molecule has 0 aromatic heterocycles. The molecule has 0 atom stereocenters. The van der Waals surface area contributed by atoms with Gasteiger partial charge in [0.1, 0.15) is 0 Å². The zero-order valence-electron chi connectivity index (χ0n) is 7.81. The lowest BCUT2D eigenvalue weighted by atomic mass is 10.3. The molecule has 0 heterocycles. The molecule has 0 aromatic rings. The molecule has 0 bridgehead atoms. The molecule has 0 aliphatic heterocycles. The van der Waals surface area contributed by atoms with E-state index in [-0.39, 0.29) is 11.3 Å². The molecule has 0 fully saturated rings. The summed E-state index contributed by atoms with van der Waals surface area (Å²) in [4.78, 5) is 19.3. The van der Waals surface area contributed by atoms with Crippen LogP contribution in [0.4, 0.5) is 0 Å². The summed E-state index contributed by atoms with van der Waals surface area (Å²) in [5, 5.41) is 32.1. The third kappa shape index (κ3) is 8.12. The van der Waals surface area contributed by atoms with E-state index in [0.29, 0.717) is 0 Å². The number of carboxylic acids is 2. The number of aliphatic hydroxyl groups excluding tert-OH is 2. The van der Waals surface area contributed by atoms with Crippen LogP contribution in [0.25, 0.3) is 0 Å². The number of carbonyl (C=O) groups is 2. The second kappa shape index (κ2) is 6.53. The number of aliphatic hydroxyl groups is 2. The van der Waals surface area contributed by atoms with Gasteiger partial charge < -0.3 is 20.4 Å². The summed E-state index contributed by atoms with van der Waals surface area (Å²) in [7, 11) is 0. The highest BCUT2D eigenvalue weighted by Crippen LogP contribution is 1.97. The molecule has 0 aliphatic carbocycles. The van der Waals surface area contributed by atoms with Gasteiger partial charge in [-0.25, -0.2) is 9.59 Å². The molecule has 0 rings (SSSR count). The second-order valence-corrected chi connectivity index (χ2v) is 2.27. The van der Waals surface area contributed by atoms with E-state index in [1.54, 1.807) is 0 Å². The summed E-state index contributed by atoms with van der Waals surface area (Å²) in [5.74, 6) is -3.42. The Balaban J connectivity index is 0. The Bertz CT molecular complexity index is 260. The van der Waals surface area contributed by atoms with Crippen molar-refractivity contribution in [1.29, 1.82) is 0 Å². The topological polar surface area (TPSA) is 115 Å². The largest absolute Gasteiger partial charge is 0.512 e. The normalized spacial score (nSPS) is 10.4. The van der Waals surface area contributed by atoms with Gasteiger partial charge in [-0.1, -0.05) is 0 Å². The SMILES string of the molecule is C/C(O)=C(/C)C(=O)O.C=C(O)C(=O)O. The van der Waals surface area contributed by atoms with Crippen molar-refractivity contribution < 1.29 is 30.0 Å². The van der Waals surface area contributed by atoms with E-state index < -0.39 is 17.7 Å². The van der Waals surface area contributed by atoms with Crippen LogP contribution in [0.1, 0.15) is 13.8 Å². The molecule has 0 spiro atoms. The average Bonchev–Trinajstić information content (AvgIpc) is 2.03. The van der Waals surface area contributed by atoms with E-state index >= 15 is 0 Å². The quantitative estimate of drug-likeness (QED) is 0.395. The Hall–Kier alpha value is -1.98. The Morgan fingerprint density at radius 3 is 1.21 bits per heavy atom. The molecule has 0 radical (unpaired) electrons. The van der Waals surface area contributed by atoms with Crippen LogP contribution in [0, 0.1) is 0 Å². The average molecular weight is 204 g/mol. The van der Waals surface area contributed by atoms with Gasteiger partial charge in [0.25, 0.3) is 0 Å². The fourth-order valence-corrected chi connectivity index (χ4v) is 0.155. The summed E-state index contributed by atoms with van der Waals surface area (Å²) in [6.45, 7) is 5.39. The molecular weight excluding hydrogens is 192 g/mol. The first kappa shape index (κ1) is 14.5.